The highest BCUT2D eigenvalue weighted by molar-refractivity contribution is 6.01. The molecule has 1 aliphatic rings. The molecule has 5 rings (SSSR count). The highest BCUT2D eigenvalue weighted by atomic mass is 16.1. The highest BCUT2D eigenvalue weighted by Gasteiger charge is 2.25. The van der Waals surface area contributed by atoms with Gasteiger partial charge in [-0.15, -0.1) is 0 Å². The summed E-state index contributed by atoms with van der Waals surface area (Å²) in [4.78, 5) is 23.6. The van der Waals surface area contributed by atoms with Crippen LogP contribution >= 0.6 is 0 Å². The fourth-order valence-corrected chi connectivity index (χ4v) is 4.22. The first-order chi connectivity index (χ1) is 16.4. The number of anilines is 5. The van der Waals surface area contributed by atoms with E-state index in [1.54, 1.807) is 19.4 Å². The number of pyridine rings is 2. The van der Waals surface area contributed by atoms with Crippen LogP contribution in [-0.2, 0) is 13.6 Å². The molecule has 0 aliphatic carbocycles. The number of benzene rings is 1. The van der Waals surface area contributed by atoms with Crippen molar-refractivity contribution >= 4 is 34.6 Å². The van der Waals surface area contributed by atoms with Gasteiger partial charge in [0.25, 0.3) is 5.91 Å². The van der Waals surface area contributed by atoms with Crippen molar-refractivity contribution in [1.29, 1.82) is 0 Å². The second-order valence-electron chi connectivity index (χ2n) is 8.40. The van der Waals surface area contributed by atoms with Crippen LogP contribution in [0.2, 0.25) is 0 Å². The number of nitrogens with zero attached hydrogens (tertiary/aromatic N) is 5. The Kier molecular flexibility index (Phi) is 5.37. The van der Waals surface area contributed by atoms with E-state index in [4.69, 9.17) is 0 Å². The zero-order valence-corrected chi connectivity index (χ0v) is 19.5. The maximum absolute atomic E-state index is 12.6. The van der Waals surface area contributed by atoms with Crippen LogP contribution in [0.1, 0.15) is 21.5 Å². The molecule has 3 aromatic heterocycles. The molecule has 172 valence electrons. The van der Waals surface area contributed by atoms with E-state index in [-0.39, 0.29) is 5.91 Å². The highest BCUT2D eigenvalue weighted by Crippen LogP contribution is 2.43. The van der Waals surface area contributed by atoms with Crippen LogP contribution in [0.25, 0.3) is 11.3 Å². The topological polar surface area (TPSA) is 100 Å². The summed E-state index contributed by atoms with van der Waals surface area (Å²) in [6.07, 6.45) is 5.41. The van der Waals surface area contributed by atoms with Crippen LogP contribution in [-0.4, -0.2) is 39.8 Å². The first-order valence-electron chi connectivity index (χ1n) is 11.0. The maximum atomic E-state index is 12.6. The van der Waals surface area contributed by atoms with Crippen molar-refractivity contribution < 1.29 is 4.79 Å². The Bertz CT molecular complexity index is 1380. The number of carbonyl (C=O) groups excluding carboxylic acids is 1. The van der Waals surface area contributed by atoms with Crippen LogP contribution in [0.5, 0.6) is 0 Å². The predicted molar refractivity (Wildman–Crippen MR) is 134 cm³/mol. The molecule has 34 heavy (non-hydrogen) atoms. The number of nitrogens with one attached hydrogen (secondary N) is 3. The number of para-hydroxylation sites is 1. The smallest absolute Gasteiger partial charge is 0.254 e. The molecule has 1 aliphatic heterocycles. The van der Waals surface area contributed by atoms with E-state index in [0.29, 0.717) is 22.9 Å². The minimum Gasteiger partial charge on any atom is -0.368 e. The van der Waals surface area contributed by atoms with Gasteiger partial charge in [0.15, 0.2) is 0 Å². The lowest BCUT2D eigenvalue weighted by atomic mass is 9.99. The third-order valence-electron chi connectivity index (χ3n) is 5.80. The Balaban J connectivity index is 1.55. The number of aryl methyl sites for hydroxylation is 2. The summed E-state index contributed by atoms with van der Waals surface area (Å²) in [6, 6.07) is 11.8. The molecule has 4 heterocycles. The van der Waals surface area contributed by atoms with E-state index in [2.05, 4.69) is 55.2 Å². The van der Waals surface area contributed by atoms with E-state index in [9.17, 15) is 4.79 Å². The molecule has 0 saturated heterocycles. The molecule has 0 saturated carbocycles. The van der Waals surface area contributed by atoms with Crippen molar-refractivity contribution in [2.45, 2.75) is 13.5 Å². The van der Waals surface area contributed by atoms with Gasteiger partial charge in [-0.3, -0.25) is 9.48 Å². The number of fused-ring (bicyclic) bond motifs is 3. The fourth-order valence-electron chi connectivity index (χ4n) is 4.22. The molecular formula is C25H26N8O. The van der Waals surface area contributed by atoms with Gasteiger partial charge in [0.1, 0.15) is 11.6 Å². The molecule has 4 aromatic rings. The van der Waals surface area contributed by atoms with Gasteiger partial charge in [-0.05, 0) is 24.6 Å². The molecule has 9 heteroatoms. The minimum absolute atomic E-state index is 0.222. The van der Waals surface area contributed by atoms with Crippen molar-refractivity contribution in [2.24, 2.45) is 7.05 Å². The van der Waals surface area contributed by atoms with Crippen molar-refractivity contribution in [3.05, 3.63) is 71.7 Å². The van der Waals surface area contributed by atoms with E-state index in [0.717, 1.165) is 34.7 Å². The largest absolute Gasteiger partial charge is 0.368 e. The first kappa shape index (κ1) is 21.4. The van der Waals surface area contributed by atoms with Crippen LogP contribution in [0.4, 0.5) is 28.7 Å². The standard InChI is InChI=1S/C25H26N8O/c1-15-8-9-21(27-11-15)30-22-10-20(18(12-28-22)25(34)26-2)29-19-7-5-6-17-23-16(14-33(4)31-23)13-32(3)24(17)19/h5-12,14H,13H2,1-4H3,(H,26,34)(H2,27,28,29,30). The summed E-state index contributed by atoms with van der Waals surface area (Å²) in [5.41, 5.74) is 7.28. The van der Waals surface area contributed by atoms with E-state index >= 15 is 0 Å². The third kappa shape index (κ3) is 3.92. The normalized spacial score (nSPS) is 12.1. The average molecular weight is 455 g/mol. The van der Waals surface area contributed by atoms with Crippen LogP contribution in [0.15, 0.2) is 55.0 Å². The van der Waals surface area contributed by atoms with Crippen LogP contribution < -0.4 is 20.9 Å². The Hall–Kier alpha value is -4.40. The lowest BCUT2D eigenvalue weighted by Gasteiger charge is -2.29. The van der Waals surface area contributed by atoms with Crippen molar-refractivity contribution in [1.82, 2.24) is 25.1 Å². The first-order valence-corrected chi connectivity index (χ1v) is 11.0. The van der Waals surface area contributed by atoms with E-state index < -0.39 is 0 Å². The minimum atomic E-state index is -0.222. The quantitative estimate of drug-likeness (QED) is 0.419. The summed E-state index contributed by atoms with van der Waals surface area (Å²) in [7, 11) is 5.60. The van der Waals surface area contributed by atoms with Gasteiger partial charge in [0.2, 0.25) is 0 Å². The van der Waals surface area contributed by atoms with Gasteiger partial charge in [0.05, 0.1) is 28.3 Å². The maximum Gasteiger partial charge on any atom is 0.254 e. The summed E-state index contributed by atoms with van der Waals surface area (Å²) in [5, 5.41) is 14.1. The molecule has 9 nitrogen and oxygen atoms in total. The number of rotatable bonds is 5. The average Bonchev–Trinajstić information content (AvgIpc) is 3.20. The van der Waals surface area contributed by atoms with Crippen LogP contribution in [0, 0.1) is 6.92 Å². The van der Waals surface area contributed by atoms with Crippen molar-refractivity contribution in [3.63, 3.8) is 0 Å². The number of amides is 1. The molecule has 0 spiro atoms. The van der Waals surface area contributed by atoms with E-state index in [1.165, 1.54) is 5.56 Å². The van der Waals surface area contributed by atoms with Crippen molar-refractivity contribution in [3.8, 4) is 11.3 Å². The third-order valence-corrected chi connectivity index (χ3v) is 5.80. The molecule has 0 bridgehead atoms. The van der Waals surface area contributed by atoms with Gasteiger partial charge >= 0.3 is 0 Å². The van der Waals surface area contributed by atoms with Gasteiger partial charge in [-0.2, -0.15) is 5.10 Å². The molecule has 0 unspecified atom stereocenters. The Morgan fingerprint density at radius 2 is 1.82 bits per heavy atom. The molecule has 0 atom stereocenters. The predicted octanol–water partition coefficient (Wildman–Crippen LogP) is 3.98. The molecule has 1 amide bonds. The molecular weight excluding hydrogens is 428 g/mol. The molecule has 3 N–H and O–H groups in total. The fraction of sp³-hybridized carbons (Fsp3) is 0.200. The zero-order valence-electron chi connectivity index (χ0n) is 19.5. The van der Waals surface area contributed by atoms with Gasteiger partial charge in [-0.1, -0.05) is 18.2 Å². The zero-order chi connectivity index (χ0) is 23.8. The number of aromatic nitrogens is 4. The number of carbonyl (C=O) groups is 1. The summed E-state index contributed by atoms with van der Waals surface area (Å²) < 4.78 is 1.84. The second-order valence-corrected chi connectivity index (χ2v) is 8.40. The van der Waals surface area contributed by atoms with Gasteiger partial charge < -0.3 is 20.9 Å². The summed E-state index contributed by atoms with van der Waals surface area (Å²) >= 11 is 0. The van der Waals surface area contributed by atoms with Crippen molar-refractivity contribution in [2.75, 3.05) is 29.6 Å². The Morgan fingerprint density at radius 3 is 2.59 bits per heavy atom. The lowest BCUT2D eigenvalue weighted by molar-refractivity contribution is 0.0963. The monoisotopic (exact) mass is 454 g/mol. The van der Waals surface area contributed by atoms with Gasteiger partial charge in [0, 0.05) is 63.5 Å². The lowest BCUT2D eigenvalue weighted by Crippen LogP contribution is -2.23. The molecule has 0 radical (unpaired) electrons. The Morgan fingerprint density at radius 1 is 1.00 bits per heavy atom. The van der Waals surface area contributed by atoms with E-state index in [1.807, 2.05) is 49.0 Å². The summed E-state index contributed by atoms with van der Waals surface area (Å²) in [5.74, 6) is 1.04. The number of hydrogen-bond acceptors (Lipinski definition) is 7. The van der Waals surface area contributed by atoms with Crippen LogP contribution in [0.3, 0.4) is 0 Å². The molecule has 0 fully saturated rings. The SMILES string of the molecule is CNC(=O)c1cnc(Nc2ccc(C)cn2)cc1Nc1cccc2c1N(C)Cc1cn(C)nc1-2. The Labute approximate surface area is 197 Å². The second kappa shape index (κ2) is 8.51. The molecule has 1 aromatic carbocycles. The summed E-state index contributed by atoms with van der Waals surface area (Å²) in [6.45, 7) is 2.74. The van der Waals surface area contributed by atoms with Gasteiger partial charge in [-0.25, -0.2) is 9.97 Å². The number of hydrogen-bond donors (Lipinski definition) is 3.